The second-order valence-electron chi connectivity index (χ2n) is 8.82. The molecule has 2 N–H and O–H groups in total. The van der Waals surface area contributed by atoms with Crippen LogP contribution >= 0.6 is 12.4 Å². The van der Waals surface area contributed by atoms with Crippen LogP contribution in [0.3, 0.4) is 0 Å². The van der Waals surface area contributed by atoms with E-state index in [9.17, 15) is 4.79 Å². The Balaban J connectivity index is 0.00000324. The van der Waals surface area contributed by atoms with E-state index in [0.29, 0.717) is 5.69 Å². The van der Waals surface area contributed by atoms with Crippen molar-refractivity contribution in [3.8, 4) is 16.9 Å². The van der Waals surface area contributed by atoms with Gasteiger partial charge in [-0.25, -0.2) is 0 Å². The molecule has 1 aliphatic heterocycles. The zero-order chi connectivity index (χ0) is 23.4. The van der Waals surface area contributed by atoms with E-state index in [-0.39, 0.29) is 18.3 Å². The first-order valence-electron chi connectivity index (χ1n) is 11.7. The molecule has 1 aliphatic rings. The fourth-order valence-corrected chi connectivity index (χ4v) is 4.55. The van der Waals surface area contributed by atoms with Gasteiger partial charge in [-0.05, 0) is 56.4 Å². The van der Waals surface area contributed by atoms with Gasteiger partial charge in [0.1, 0.15) is 11.4 Å². The number of H-pyrrole nitrogens is 1. The van der Waals surface area contributed by atoms with Crippen LogP contribution in [0.4, 0.5) is 5.69 Å². The Kier molecular flexibility index (Phi) is 8.83. The van der Waals surface area contributed by atoms with Crippen LogP contribution in [-0.2, 0) is 0 Å². The van der Waals surface area contributed by atoms with Crippen LogP contribution < -0.4 is 15.0 Å². The lowest BCUT2D eigenvalue weighted by atomic mass is 10.00. The third-order valence-electron chi connectivity index (χ3n) is 6.41. The molecule has 1 saturated heterocycles. The summed E-state index contributed by atoms with van der Waals surface area (Å²) in [4.78, 5) is 22.3. The largest absolute Gasteiger partial charge is 0.496 e. The second-order valence-corrected chi connectivity index (χ2v) is 8.82. The summed E-state index contributed by atoms with van der Waals surface area (Å²) in [6.45, 7) is 6.42. The summed E-state index contributed by atoms with van der Waals surface area (Å²) >= 11 is 0. The molecule has 8 heteroatoms. The lowest BCUT2D eigenvalue weighted by Gasteiger charge is -2.36. The molecule has 1 fully saturated rings. The van der Waals surface area contributed by atoms with E-state index >= 15 is 0 Å². The van der Waals surface area contributed by atoms with Gasteiger partial charge in [-0.1, -0.05) is 12.1 Å². The highest BCUT2D eigenvalue weighted by atomic mass is 35.5. The summed E-state index contributed by atoms with van der Waals surface area (Å²) in [5.41, 5.74) is 4.80. The Morgan fingerprint density at radius 3 is 2.53 bits per heavy atom. The Morgan fingerprint density at radius 1 is 1.09 bits per heavy atom. The molecular formula is C26H36ClN5O2. The molecule has 34 heavy (non-hydrogen) atoms. The molecule has 1 aromatic heterocycles. The molecule has 2 heterocycles. The van der Waals surface area contributed by atoms with Gasteiger partial charge in [0.15, 0.2) is 0 Å². The van der Waals surface area contributed by atoms with E-state index in [0.717, 1.165) is 67.0 Å². The van der Waals surface area contributed by atoms with Crippen LogP contribution in [0.5, 0.6) is 5.75 Å². The Bertz CT molecular complexity index is 1110. The molecule has 4 rings (SSSR count). The predicted molar refractivity (Wildman–Crippen MR) is 143 cm³/mol. The van der Waals surface area contributed by atoms with Crippen molar-refractivity contribution in [2.45, 2.75) is 6.42 Å². The minimum Gasteiger partial charge on any atom is -0.496 e. The van der Waals surface area contributed by atoms with E-state index in [2.05, 4.69) is 44.4 Å². The number of rotatable bonds is 8. The van der Waals surface area contributed by atoms with Gasteiger partial charge in [0.2, 0.25) is 0 Å². The van der Waals surface area contributed by atoms with Crippen LogP contribution in [0.15, 0.2) is 42.5 Å². The van der Waals surface area contributed by atoms with E-state index in [1.807, 2.05) is 25.2 Å². The number of fused-ring (bicyclic) bond motifs is 1. The molecule has 0 aliphatic carbocycles. The summed E-state index contributed by atoms with van der Waals surface area (Å²) in [6.07, 6.45) is 1.19. The number of amides is 1. The van der Waals surface area contributed by atoms with Crippen molar-refractivity contribution in [2.24, 2.45) is 0 Å². The van der Waals surface area contributed by atoms with Crippen LogP contribution in [0, 0.1) is 0 Å². The zero-order valence-corrected chi connectivity index (χ0v) is 21.4. The summed E-state index contributed by atoms with van der Waals surface area (Å²) < 4.78 is 5.83. The fourth-order valence-electron chi connectivity index (χ4n) is 4.55. The van der Waals surface area contributed by atoms with Gasteiger partial charge in [-0.15, -0.1) is 12.4 Å². The second kappa shape index (κ2) is 11.6. The maximum atomic E-state index is 12.5. The highest BCUT2D eigenvalue weighted by molar-refractivity contribution is 6.03. The molecule has 0 spiro atoms. The topological polar surface area (TPSA) is 63.8 Å². The van der Waals surface area contributed by atoms with Crippen molar-refractivity contribution in [1.29, 1.82) is 0 Å². The summed E-state index contributed by atoms with van der Waals surface area (Å²) in [6, 6.07) is 14.5. The molecule has 7 nitrogen and oxygen atoms in total. The number of carbonyl (C=O) groups is 1. The molecule has 0 saturated carbocycles. The first-order chi connectivity index (χ1) is 16.0. The molecule has 1 amide bonds. The number of piperazine rings is 1. The SMILES string of the molecule is CNCCCN1CCN(c2ccc(-c3cccc4[nH]c(C(=O)N(C)C)cc34)c(OC)c2)CC1.Cl. The van der Waals surface area contributed by atoms with Gasteiger partial charge in [-0.3, -0.25) is 9.69 Å². The minimum atomic E-state index is -0.0374. The van der Waals surface area contributed by atoms with E-state index < -0.39 is 0 Å². The molecule has 2 aromatic carbocycles. The van der Waals surface area contributed by atoms with Crippen LogP contribution in [-0.4, -0.2) is 88.2 Å². The van der Waals surface area contributed by atoms with Crippen molar-refractivity contribution < 1.29 is 9.53 Å². The van der Waals surface area contributed by atoms with Crippen LogP contribution in [0.2, 0.25) is 0 Å². The zero-order valence-electron chi connectivity index (χ0n) is 20.6. The number of benzene rings is 2. The smallest absolute Gasteiger partial charge is 0.269 e. The number of aromatic amines is 1. The van der Waals surface area contributed by atoms with E-state index in [4.69, 9.17) is 4.74 Å². The lowest BCUT2D eigenvalue weighted by Crippen LogP contribution is -2.46. The number of hydrogen-bond acceptors (Lipinski definition) is 5. The van der Waals surface area contributed by atoms with Crippen molar-refractivity contribution in [3.05, 3.63) is 48.2 Å². The maximum absolute atomic E-state index is 12.5. The first-order valence-corrected chi connectivity index (χ1v) is 11.7. The normalized spacial score (nSPS) is 14.2. The average Bonchev–Trinajstić information content (AvgIpc) is 3.28. The van der Waals surface area contributed by atoms with Crippen molar-refractivity contribution >= 4 is 34.9 Å². The number of aromatic nitrogens is 1. The fraction of sp³-hybridized carbons (Fsp3) is 0.423. The van der Waals surface area contributed by atoms with Crippen LogP contribution in [0.25, 0.3) is 22.0 Å². The third kappa shape index (κ3) is 5.49. The molecule has 0 unspecified atom stereocenters. The molecule has 184 valence electrons. The summed E-state index contributed by atoms with van der Waals surface area (Å²) in [5.74, 6) is 0.808. The quantitative estimate of drug-likeness (QED) is 0.476. The molecule has 0 radical (unpaired) electrons. The molecule has 0 atom stereocenters. The van der Waals surface area contributed by atoms with Gasteiger partial charge in [0.25, 0.3) is 5.91 Å². The van der Waals surface area contributed by atoms with Gasteiger partial charge in [0, 0.05) is 68.5 Å². The van der Waals surface area contributed by atoms with Gasteiger partial charge >= 0.3 is 0 Å². The number of methoxy groups -OCH3 is 1. The van der Waals surface area contributed by atoms with Gasteiger partial charge in [0.05, 0.1) is 7.11 Å². The van der Waals surface area contributed by atoms with Gasteiger partial charge in [-0.2, -0.15) is 0 Å². The van der Waals surface area contributed by atoms with Gasteiger partial charge < -0.3 is 24.8 Å². The summed E-state index contributed by atoms with van der Waals surface area (Å²) in [5, 5.41) is 4.24. The monoisotopic (exact) mass is 485 g/mol. The van der Waals surface area contributed by atoms with E-state index in [1.165, 1.54) is 12.1 Å². The molecular weight excluding hydrogens is 450 g/mol. The number of anilines is 1. The maximum Gasteiger partial charge on any atom is 0.269 e. The number of hydrogen-bond donors (Lipinski definition) is 2. The predicted octanol–water partition coefficient (Wildman–Crippen LogP) is 3.70. The number of carbonyl (C=O) groups excluding carboxylic acids is 1. The Hall–Kier alpha value is -2.74. The molecule has 0 bridgehead atoms. The Labute approximate surface area is 208 Å². The number of nitrogens with zero attached hydrogens (tertiary/aromatic N) is 3. The minimum absolute atomic E-state index is 0. The van der Waals surface area contributed by atoms with Crippen molar-refractivity contribution in [2.75, 3.05) is 72.4 Å². The lowest BCUT2D eigenvalue weighted by molar-refractivity contribution is 0.0823. The highest BCUT2D eigenvalue weighted by Gasteiger charge is 2.20. The molecule has 3 aromatic rings. The summed E-state index contributed by atoms with van der Waals surface area (Å²) in [7, 11) is 7.26. The van der Waals surface area contributed by atoms with Crippen LogP contribution in [0.1, 0.15) is 16.9 Å². The Morgan fingerprint density at radius 2 is 1.85 bits per heavy atom. The highest BCUT2D eigenvalue weighted by Crippen LogP contribution is 2.38. The number of halogens is 1. The van der Waals surface area contributed by atoms with Crippen molar-refractivity contribution in [1.82, 2.24) is 20.1 Å². The average molecular weight is 486 g/mol. The number of ether oxygens (including phenoxy) is 1. The number of nitrogens with one attached hydrogen (secondary N) is 2. The van der Waals surface area contributed by atoms with E-state index in [1.54, 1.807) is 26.1 Å². The third-order valence-corrected chi connectivity index (χ3v) is 6.41. The first kappa shape index (κ1) is 25.9. The van der Waals surface area contributed by atoms with Crippen molar-refractivity contribution in [3.63, 3.8) is 0 Å². The standard InChI is InChI=1S/C26H35N5O2.ClH/c1-27-11-6-12-30-13-15-31(16-14-30)19-9-10-21(25(17-19)33-4)20-7-5-8-23-22(20)18-24(28-23)26(32)29(2)3;/h5,7-10,17-18,27-28H,6,11-16H2,1-4H3;1H.